The fraction of sp³-hybridized carbons (Fsp3) is 0.467. The lowest BCUT2D eigenvalue weighted by Crippen LogP contribution is -2.27. The number of fused-ring (bicyclic) bond motifs is 1. The predicted molar refractivity (Wildman–Crippen MR) is 68.7 cm³/mol. The zero-order chi connectivity index (χ0) is 13.3. The minimum absolute atomic E-state index is 0.0501. The number of hydrogen-bond donors (Lipinski definition) is 0. The molecule has 1 aromatic rings. The Kier molecular flexibility index (Phi) is 3.50. The largest absolute Gasteiger partial charge is 0.469 e. The Hall–Kier alpha value is -1.64. The molecule has 1 aliphatic rings. The zero-order valence-corrected chi connectivity index (χ0v) is 11.0. The number of hydrogen-bond acceptors (Lipinski definition) is 3. The molecule has 0 radical (unpaired) electrons. The summed E-state index contributed by atoms with van der Waals surface area (Å²) in [5.74, 6) is -0.155. The highest BCUT2D eigenvalue weighted by atomic mass is 16.5. The average molecular weight is 246 g/mol. The van der Waals surface area contributed by atoms with Crippen molar-refractivity contribution in [1.29, 1.82) is 0 Å². The van der Waals surface area contributed by atoms with Crippen LogP contribution in [0.1, 0.15) is 47.7 Å². The Morgan fingerprint density at radius 1 is 1.33 bits per heavy atom. The molecule has 96 valence electrons. The van der Waals surface area contributed by atoms with Crippen molar-refractivity contribution < 1.29 is 14.3 Å². The molecule has 0 fully saturated rings. The van der Waals surface area contributed by atoms with E-state index in [1.165, 1.54) is 12.7 Å². The maximum Gasteiger partial charge on any atom is 0.309 e. The molecular weight excluding hydrogens is 228 g/mol. The molecule has 0 aromatic heterocycles. The number of methoxy groups -OCH3 is 1. The van der Waals surface area contributed by atoms with Crippen LogP contribution in [0, 0.1) is 5.92 Å². The average Bonchev–Trinajstić information content (AvgIpc) is 2.37. The lowest BCUT2D eigenvalue weighted by atomic mass is 9.81. The van der Waals surface area contributed by atoms with Crippen molar-refractivity contribution in [2.24, 2.45) is 5.92 Å². The van der Waals surface area contributed by atoms with Crippen LogP contribution in [0.15, 0.2) is 18.2 Å². The molecule has 3 heteroatoms. The van der Waals surface area contributed by atoms with E-state index in [9.17, 15) is 9.59 Å². The summed E-state index contributed by atoms with van der Waals surface area (Å²) in [7, 11) is 1.37. The minimum atomic E-state index is -0.320. The summed E-state index contributed by atoms with van der Waals surface area (Å²) in [5, 5.41) is 0. The van der Waals surface area contributed by atoms with Gasteiger partial charge in [0.15, 0.2) is 5.78 Å². The SMILES string of the molecule is COC(=O)C1CC(=O)c2cc(C(C)C)ccc2C1. The smallest absolute Gasteiger partial charge is 0.309 e. The first-order valence-electron chi connectivity index (χ1n) is 6.26. The van der Waals surface area contributed by atoms with Gasteiger partial charge in [0.05, 0.1) is 13.0 Å². The Bertz CT molecular complexity index is 489. The van der Waals surface area contributed by atoms with Gasteiger partial charge in [0.1, 0.15) is 0 Å². The Labute approximate surface area is 107 Å². The number of rotatable bonds is 2. The maximum absolute atomic E-state index is 12.1. The van der Waals surface area contributed by atoms with Crippen molar-refractivity contribution in [3.8, 4) is 0 Å². The van der Waals surface area contributed by atoms with Gasteiger partial charge in [-0.3, -0.25) is 9.59 Å². The van der Waals surface area contributed by atoms with Crippen molar-refractivity contribution in [2.75, 3.05) is 7.11 Å². The van der Waals surface area contributed by atoms with Crippen molar-refractivity contribution in [3.05, 3.63) is 34.9 Å². The number of benzene rings is 1. The summed E-state index contributed by atoms with van der Waals surface area (Å²) in [6.07, 6.45) is 0.868. The standard InChI is InChI=1S/C15H18O3/c1-9(2)10-4-5-11-6-12(15(17)18-3)8-14(16)13(11)7-10/h4-5,7,9,12H,6,8H2,1-3H3. The van der Waals surface area contributed by atoms with E-state index in [1.807, 2.05) is 18.2 Å². The molecule has 0 bridgehead atoms. The van der Waals surface area contributed by atoms with Crippen LogP contribution in [0.2, 0.25) is 0 Å². The summed E-state index contributed by atoms with van der Waals surface area (Å²) < 4.78 is 4.72. The van der Waals surface area contributed by atoms with E-state index < -0.39 is 0 Å². The normalized spacial score (nSPS) is 18.7. The first kappa shape index (κ1) is 12.8. The number of carbonyl (C=O) groups excluding carboxylic acids is 2. The van der Waals surface area contributed by atoms with Crippen LogP contribution in [-0.2, 0) is 16.0 Å². The summed E-state index contributed by atoms with van der Waals surface area (Å²) in [6.45, 7) is 4.21. The van der Waals surface area contributed by atoms with Crippen molar-refractivity contribution in [3.63, 3.8) is 0 Å². The molecule has 0 spiro atoms. The van der Waals surface area contributed by atoms with Crippen LogP contribution < -0.4 is 0 Å². The molecule has 0 saturated heterocycles. The first-order chi connectivity index (χ1) is 8.52. The van der Waals surface area contributed by atoms with Gasteiger partial charge in [0.25, 0.3) is 0 Å². The van der Waals surface area contributed by atoms with Gasteiger partial charge in [-0.1, -0.05) is 26.0 Å². The minimum Gasteiger partial charge on any atom is -0.469 e. The molecule has 0 heterocycles. The van der Waals surface area contributed by atoms with E-state index in [-0.39, 0.29) is 24.1 Å². The molecule has 0 amide bonds. The number of Topliss-reactive ketones (excluding diaryl/α,β-unsaturated/α-hetero) is 1. The van der Waals surface area contributed by atoms with Gasteiger partial charge in [0, 0.05) is 12.0 Å². The molecule has 1 unspecified atom stereocenters. The van der Waals surface area contributed by atoms with Gasteiger partial charge in [-0.15, -0.1) is 0 Å². The van der Waals surface area contributed by atoms with E-state index in [1.54, 1.807) is 0 Å². The molecule has 18 heavy (non-hydrogen) atoms. The van der Waals surface area contributed by atoms with Gasteiger partial charge in [-0.2, -0.15) is 0 Å². The third kappa shape index (κ3) is 2.30. The van der Waals surface area contributed by atoms with E-state index in [0.717, 1.165) is 11.1 Å². The second kappa shape index (κ2) is 4.92. The van der Waals surface area contributed by atoms with E-state index in [2.05, 4.69) is 13.8 Å². The second-order valence-electron chi connectivity index (χ2n) is 5.12. The van der Waals surface area contributed by atoms with Gasteiger partial charge in [-0.25, -0.2) is 0 Å². The van der Waals surface area contributed by atoms with E-state index in [0.29, 0.717) is 12.3 Å². The highest BCUT2D eigenvalue weighted by Crippen LogP contribution is 2.29. The maximum atomic E-state index is 12.1. The Balaban J connectivity index is 2.33. The third-order valence-electron chi connectivity index (χ3n) is 3.53. The predicted octanol–water partition coefficient (Wildman–Crippen LogP) is 2.73. The van der Waals surface area contributed by atoms with Gasteiger partial charge in [-0.05, 0) is 29.5 Å². The Morgan fingerprint density at radius 2 is 2.06 bits per heavy atom. The van der Waals surface area contributed by atoms with Crippen molar-refractivity contribution >= 4 is 11.8 Å². The molecule has 0 saturated carbocycles. The summed E-state index contributed by atoms with van der Waals surface area (Å²) in [4.78, 5) is 23.6. The molecule has 1 aromatic carbocycles. The fourth-order valence-corrected chi connectivity index (χ4v) is 2.40. The lowest BCUT2D eigenvalue weighted by molar-refractivity contribution is -0.145. The lowest BCUT2D eigenvalue weighted by Gasteiger charge is -2.22. The van der Waals surface area contributed by atoms with Crippen LogP contribution in [0.25, 0.3) is 0 Å². The fourth-order valence-electron chi connectivity index (χ4n) is 2.40. The molecule has 1 aliphatic carbocycles. The highest BCUT2D eigenvalue weighted by molar-refractivity contribution is 6.01. The van der Waals surface area contributed by atoms with Crippen LogP contribution in [0.5, 0.6) is 0 Å². The van der Waals surface area contributed by atoms with Crippen molar-refractivity contribution in [1.82, 2.24) is 0 Å². The summed E-state index contributed by atoms with van der Waals surface area (Å²) >= 11 is 0. The summed E-state index contributed by atoms with van der Waals surface area (Å²) in [5.41, 5.74) is 2.91. The van der Waals surface area contributed by atoms with E-state index in [4.69, 9.17) is 4.74 Å². The number of ether oxygens (including phenoxy) is 1. The zero-order valence-electron chi connectivity index (χ0n) is 11.0. The van der Waals surface area contributed by atoms with Crippen LogP contribution in [0.4, 0.5) is 0 Å². The highest BCUT2D eigenvalue weighted by Gasteiger charge is 2.30. The number of esters is 1. The van der Waals surface area contributed by atoms with Crippen LogP contribution in [-0.4, -0.2) is 18.9 Å². The molecule has 2 rings (SSSR count). The molecular formula is C15H18O3. The van der Waals surface area contributed by atoms with E-state index >= 15 is 0 Å². The van der Waals surface area contributed by atoms with Crippen LogP contribution in [0.3, 0.4) is 0 Å². The molecule has 0 N–H and O–H groups in total. The molecule has 0 aliphatic heterocycles. The topological polar surface area (TPSA) is 43.4 Å². The monoisotopic (exact) mass is 246 g/mol. The van der Waals surface area contributed by atoms with Gasteiger partial charge < -0.3 is 4.74 Å². The second-order valence-corrected chi connectivity index (χ2v) is 5.12. The molecule has 1 atom stereocenters. The van der Waals surface area contributed by atoms with Crippen LogP contribution >= 0.6 is 0 Å². The molecule has 3 nitrogen and oxygen atoms in total. The van der Waals surface area contributed by atoms with Gasteiger partial charge >= 0.3 is 5.97 Å². The quantitative estimate of drug-likeness (QED) is 0.753. The number of ketones is 1. The third-order valence-corrected chi connectivity index (χ3v) is 3.53. The Morgan fingerprint density at radius 3 is 2.67 bits per heavy atom. The number of carbonyl (C=O) groups is 2. The summed E-state index contributed by atoms with van der Waals surface area (Å²) in [6, 6.07) is 5.98. The van der Waals surface area contributed by atoms with Gasteiger partial charge in [0.2, 0.25) is 0 Å². The first-order valence-corrected chi connectivity index (χ1v) is 6.26. The van der Waals surface area contributed by atoms with Crippen molar-refractivity contribution in [2.45, 2.75) is 32.6 Å².